The molecular formula is C8H7ClN2O. The van der Waals surface area contributed by atoms with Gasteiger partial charge in [0, 0.05) is 18.1 Å². The second-order valence-electron chi connectivity index (χ2n) is 2.42. The minimum Gasteiger partial charge on any atom is -0.370 e. The average molecular weight is 183 g/mol. The van der Waals surface area contributed by atoms with Crippen LogP contribution in [0.2, 0.25) is 5.02 Å². The smallest absolute Gasteiger partial charge is 0.177 e. The third-order valence-electron chi connectivity index (χ3n) is 1.67. The standard InChI is InChI=1S/C8H7ClN2O/c1-10-8-6-3-2-5(9)4-7(6)12-11-8/h2-4H,1H3,(H,10,11). The van der Waals surface area contributed by atoms with Gasteiger partial charge >= 0.3 is 0 Å². The van der Waals surface area contributed by atoms with Crippen LogP contribution in [0, 0.1) is 0 Å². The number of fused-ring (bicyclic) bond motifs is 1. The zero-order valence-electron chi connectivity index (χ0n) is 6.47. The van der Waals surface area contributed by atoms with Gasteiger partial charge in [0.25, 0.3) is 0 Å². The molecule has 62 valence electrons. The highest BCUT2D eigenvalue weighted by molar-refractivity contribution is 6.31. The highest BCUT2D eigenvalue weighted by atomic mass is 35.5. The first-order valence-electron chi connectivity index (χ1n) is 3.54. The maximum Gasteiger partial charge on any atom is 0.177 e. The van der Waals surface area contributed by atoms with Crippen LogP contribution >= 0.6 is 11.6 Å². The molecule has 0 aliphatic carbocycles. The van der Waals surface area contributed by atoms with E-state index in [1.165, 1.54) is 0 Å². The van der Waals surface area contributed by atoms with Gasteiger partial charge in [-0.15, -0.1) is 0 Å². The number of anilines is 1. The van der Waals surface area contributed by atoms with Crippen molar-refractivity contribution in [1.29, 1.82) is 0 Å². The molecule has 2 aromatic rings. The third-order valence-corrected chi connectivity index (χ3v) is 1.91. The number of halogens is 1. The van der Waals surface area contributed by atoms with Crippen molar-refractivity contribution in [3.8, 4) is 0 Å². The van der Waals surface area contributed by atoms with Crippen molar-refractivity contribution in [3.05, 3.63) is 23.2 Å². The van der Waals surface area contributed by atoms with E-state index < -0.39 is 0 Å². The minimum absolute atomic E-state index is 0.654. The fourth-order valence-corrected chi connectivity index (χ4v) is 1.25. The Morgan fingerprint density at radius 1 is 1.50 bits per heavy atom. The fraction of sp³-hybridized carbons (Fsp3) is 0.125. The SMILES string of the molecule is CNc1noc2cc(Cl)ccc12. The summed E-state index contributed by atoms with van der Waals surface area (Å²) < 4.78 is 5.02. The van der Waals surface area contributed by atoms with E-state index in [1.54, 1.807) is 13.1 Å². The summed E-state index contributed by atoms with van der Waals surface area (Å²) in [7, 11) is 1.80. The van der Waals surface area contributed by atoms with Gasteiger partial charge in [0.1, 0.15) is 0 Å². The van der Waals surface area contributed by atoms with Crippen LogP contribution in [0.1, 0.15) is 0 Å². The Morgan fingerprint density at radius 3 is 3.08 bits per heavy atom. The van der Waals surface area contributed by atoms with E-state index in [4.69, 9.17) is 16.1 Å². The van der Waals surface area contributed by atoms with Gasteiger partial charge in [-0.1, -0.05) is 16.8 Å². The maximum atomic E-state index is 5.76. The number of benzene rings is 1. The lowest BCUT2D eigenvalue weighted by molar-refractivity contribution is 0.460. The quantitative estimate of drug-likeness (QED) is 0.737. The molecule has 12 heavy (non-hydrogen) atoms. The fourth-order valence-electron chi connectivity index (χ4n) is 1.09. The van der Waals surface area contributed by atoms with Gasteiger partial charge < -0.3 is 9.84 Å². The number of nitrogens with zero attached hydrogens (tertiary/aromatic N) is 1. The molecule has 0 bridgehead atoms. The number of aromatic nitrogens is 1. The number of hydrogen-bond donors (Lipinski definition) is 1. The van der Waals surface area contributed by atoms with E-state index in [9.17, 15) is 0 Å². The normalized spacial score (nSPS) is 10.5. The molecule has 2 rings (SSSR count). The van der Waals surface area contributed by atoms with Crippen LogP contribution in [0.25, 0.3) is 11.0 Å². The van der Waals surface area contributed by atoms with Crippen molar-refractivity contribution < 1.29 is 4.52 Å². The highest BCUT2D eigenvalue weighted by Gasteiger charge is 2.05. The van der Waals surface area contributed by atoms with Crippen molar-refractivity contribution in [2.45, 2.75) is 0 Å². The number of nitrogens with one attached hydrogen (secondary N) is 1. The maximum absolute atomic E-state index is 5.76. The van der Waals surface area contributed by atoms with Crippen LogP contribution in [0.4, 0.5) is 5.82 Å². The minimum atomic E-state index is 0.654. The first kappa shape index (κ1) is 7.43. The highest BCUT2D eigenvalue weighted by Crippen LogP contribution is 2.24. The van der Waals surface area contributed by atoms with Gasteiger partial charge in [0.05, 0.1) is 5.39 Å². The second-order valence-corrected chi connectivity index (χ2v) is 2.86. The molecule has 0 spiro atoms. The molecule has 0 aliphatic heterocycles. The largest absolute Gasteiger partial charge is 0.370 e. The zero-order chi connectivity index (χ0) is 8.55. The van der Waals surface area contributed by atoms with Crippen LogP contribution in [-0.4, -0.2) is 12.2 Å². The summed E-state index contributed by atoms with van der Waals surface area (Å²) in [6.45, 7) is 0. The van der Waals surface area contributed by atoms with Gasteiger partial charge in [-0.05, 0) is 12.1 Å². The van der Waals surface area contributed by atoms with Gasteiger partial charge in [0.15, 0.2) is 11.4 Å². The lowest BCUT2D eigenvalue weighted by atomic mass is 10.2. The van der Waals surface area contributed by atoms with Crippen molar-refractivity contribution >= 4 is 28.4 Å². The summed E-state index contributed by atoms with van der Waals surface area (Å²) >= 11 is 5.76. The lowest BCUT2D eigenvalue weighted by Crippen LogP contribution is -1.86. The molecule has 1 heterocycles. The Hall–Kier alpha value is -1.22. The van der Waals surface area contributed by atoms with E-state index in [-0.39, 0.29) is 0 Å². The molecule has 1 aromatic carbocycles. The Bertz CT molecular complexity index is 410. The predicted octanol–water partition coefficient (Wildman–Crippen LogP) is 2.52. The molecule has 3 nitrogen and oxygen atoms in total. The van der Waals surface area contributed by atoms with E-state index >= 15 is 0 Å². The molecule has 1 aromatic heterocycles. The van der Waals surface area contributed by atoms with Crippen LogP contribution < -0.4 is 5.32 Å². The summed E-state index contributed by atoms with van der Waals surface area (Å²) in [5.41, 5.74) is 0.701. The Balaban J connectivity index is 2.73. The zero-order valence-corrected chi connectivity index (χ0v) is 7.22. The molecular weight excluding hydrogens is 176 g/mol. The van der Waals surface area contributed by atoms with E-state index in [2.05, 4.69) is 10.5 Å². The molecule has 0 saturated carbocycles. The summed E-state index contributed by atoms with van der Waals surface area (Å²) in [6, 6.07) is 5.42. The summed E-state index contributed by atoms with van der Waals surface area (Å²) in [5.74, 6) is 0.738. The van der Waals surface area contributed by atoms with Gasteiger partial charge in [-0.2, -0.15) is 0 Å². The molecule has 0 aliphatic rings. The first-order valence-corrected chi connectivity index (χ1v) is 3.92. The molecule has 0 saturated heterocycles. The van der Waals surface area contributed by atoms with E-state index in [1.807, 2.05) is 12.1 Å². The number of rotatable bonds is 1. The van der Waals surface area contributed by atoms with Crippen molar-refractivity contribution in [1.82, 2.24) is 5.16 Å². The third kappa shape index (κ3) is 1.02. The molecule has 0 amide bonds. The Labute approximate surface area is 74.3 Å². The molecule has 0 fully saturated rings. The lowest BCUT2D eigenvalue weighted by Gasteiger charge is -1.91. The topological polar surface area (TPSA) is 38.1 Å². The predicted molar refractivity (Wildman–Crippen MR) is 48.6 cm³/mol. The van der Waals surface area contributed by atoms with Gasteiger partial charge in [-0.3, -0.25) is 0 Å². The Kier molecular flexibility index (Phi) is 1.66. The van der Waals surface area contributed by atoms with Crippen molar-refractivity contribution in [3.63, 3.8) is 0 Å². The average Bonchev–Trinajstić information content (AvgIpc) is 2.46. The van der Waals surface area contributed by atoms with Crippen LogP contribution in [0.15, 0.2) is 22.7 Å². The summed E-state index contributed by atoms with van der Waals surface area (Å²) in [5, 5.41) is 8.33. The molecule has 4 heteroatoms. The molecule has 1 N–H and O–H groups in total. The summed E-state index contributed by atoms with van der Waals surface area (Å²) in [6.07, 6.45) is 0. The van der Waals surface area contributed by atoms with E-state index in [0.29, 0.717) is 10.6 Å². The van der Waals surface area contributed by atoms with E-state index in [0.717, 1.165) is 11.2 Å². The number of hydrogen-bond acceptors (Lipinski definition) is 3. The van der Waals surface area contributed by atoms with Crippen LogP contribution in [0.3, 0.4) is 0 Å². The second kappa shape index (κ2) is 2.68. The summed E-state index contributed by atoms with van der Waals surface area (Å²) in [4.78, 5) is 0. The van der Waals surface area contributed by atoms with Crippen molar-refractivity contribution in [2.24, 2.45) is 0 Å². The van der Waals surface area contributed by atoms with Gasteiger partial charge in [-0.25, -0.2) is 0 Å². The molecule has 0 atom stereocenters. The molecule has 0 unspecified atom stereocenters. The van der Waals surface area contributed by atoms with Crippen molar-refractivity contribution in [2.75, 3.05) is 12.4 Å². The molecule has 0 radical (unpaired) electrons. The monoisotopic (exact) mass is 182 g/mol. The van der Waals surface area contributed by atoms with Gasteiger partial charge in [0.2, 0.25) is 0 Å². The van der Waals surface area contributed by atoms with Crippen LogP contribution in [-0.2, 0) is 0 Å². The van der Waals surface area contributed by atoms with Crippen LogP contribution in [0.5, 0.6) is 0 Å². The Morgan fingerprint density at radius 2 is 2.33 bits per heavy atom. The first-order chi connectivity index (χ1) is 5.81.